The van der Waals surface area contributed by atoms with E-state index < -0.39 is 16.6 Å². The summed E-state index contributed by atoms with van der Waals surface area (Å²) >= 11 is 5.65. The van der Waals surface area contributed by atoms with Crippen LogP contribution in [-0.4, -0.2) is 24.5 Å². The maximum Gasteiger partial charge on any atom is 0.273 e. The molecule has 0 bridgehead atoms. The highest BCUT2D eigenvalue weighted by molar-refractivity contribution is 6.30. The molecule has 0 aliphatic carbocycles. The highest BCUT2D eigenvalue weighted by atomic mass is 35.5. The minimum absolute atomic E-state index is 0.130. The molecule has 2 aromatic carbocycles. The lowest BCUT2D eigenvalue weighted by Crippen LogP contribution is -2.22. The molecule has 0 saturated heterocycles. The van der Waals surface area contributed by atoms with Gasteiger partial charge in [-0.2, -0.15) is 0 Å². The number of hydrogen-bond donors (Lipinski definition) is 2. The van der Waals surface area contributed by atoms with Gasteiger partial charge in [-0.15, -0.1) is 0 Å². The number of methoxy groups -OCH3 is 1. The van der Waals surface area contributed by atoms with E-state index in [1.54, 1.807) is 0 Å². The number of halogens is 2. The summed E-state index contributed by atoms with van der Waals surface area (Å²) < 4.78 is 18.6. The fraction of sp³-hybridized carbons (Fsp3) is 0.133. The fourth-order valence-corrected chi connectivity index (χ4v) is 2.06. The van der Waals surface area contributed by atoms with Crippen molar-refractivity contribution < 1.29 is 18.8 Å². The number of non-ortho nitro benzene ring substituents is 1. The largest absolute Gasteiger partial charge is 0.494 e. The van der Waals surface area contributed by atoms with E-state index in [1.165, 1.54) is 37.4 Å². The maximum atomic E-state index is 13.6. The number of anilines is 2. The van der Waals surface area contributed by atoms with E-state index in [4.69, 9.17) is 16.3 Å². The molecule has 0 saturated carbocycles. The summed E-state index contributed by atoms with van der Waals surface area (Å²) in [6.07, 6.45) is 0. The molecule has 7 nitrogen and oxygen atoms in total. The van der Waals surface area contributed by atoms with Crippen LogP contribution in [0.1, 0.15) is 0 Å². The van der Waals surface area contributed by atoms with E-state index in [1.807, 2.05) is 0 Å². The minimum Gasteiger partial charge on any atom is -0.494 e. The van der Waals surface area contributed by atoms with Crippen LogP contribution in [0, 0.1) is 15.9 Å². The molecule has 0 atom stereocenters. The predicted octanol–water partition coefficient (Wildman–Crippen LogP) is 3.45. The Hall–Kier alpha value is -2.87. The SMILES string of the molecule is COc1cc([N+](=O)[O-])ccc1NC(=O)CNc1ccc(Cl)cc1F. The van der Waals surface area contributed by atoms with Gasteiger partial charge in [-0.1, -0.05) is 11.6 Å². The molecule has 0 unspecified atom stereocenters. The van der Waals surface area contributed by atoms with Gasteiger partial charge in [0.25, 0.3) is 5.69 Å². The molecule has 0 fully saturated rings. The average molecular weight is 354 g/mol. The van der Waals surface area contributed by atoms with Crippen molar-refractivity contribution in [3.63, 3.8) is 0 Å². The second kappa shape index (κ2) is 7.60. The van der Waals surface area contributed by atoms with Crippen LogP contribution in [0.25, 0.3) is 0 Å². The topological polar surface area (TPSA) is 93.5 Å². The van der Waals surface area contributed by atoms with Crippen LogP contribution in [0.2, 0.25) is 5.02 Å². The molecule has 0 aliphatic rings. The summed E-state index contributed by atoms with van der Waals surface area (Å²) in [7, 11) is 1.33. The molecular formula is C15H13ClFN3O4. The Kier molecular flexibility index (Phi) is 5.54. The number of ether oxygens (including phenoxy) is 1. The van der Waals surface area contributed by atoms with Crippen molar-refractivity contribution in [2.24, 2.45) is 0 Å². The molecule has 0 heterocycles. The number of nitro benzene ring substituents is 1. The zero-order valence-corrected chi connectivity index (χ0v) is 13.3. The molecule has 9 heteroatoms. The van der Waals surface area contributed by atoms with Crippen LogP contribution >= 0.6 is 11.6 Å². The number of amides is 1. The Morgan fingerprint density at radius 3 is 2.62 bits per heavy atom. The minimum atomic E-state index is -0.580. The number of rotatable bonds is 6. The molecular weight excluding hydrogens is 341 g/mol. The third-order valence-corrected chi connectivity index (χ3v) is 3.28. The van der Waals surface area contributed by atoms with Gasteiger partial charge in [0.05, 0.1) is 36.0 Å². The van der Waals surface area contributed by atoms with Crippen LogP contribution in [0.5, 0.6) is 5.75 Å². The highest BCUT2D eigenvalue weighted by Gasteiger charge is 2.13. The Bertz CT molecular complexity index is 785. The zero-order chi connectivity index (χ0) is 17.7. The molecule has 2 aromatic rings. The number of nitro groups is 1. The molecule has 126 valence electrons. The Morgan fingerprint density at radius 2 is 2.00 bits per heavy atom. The molecule has 0 spiro atoms. The second-order valence-electron chi connectivity index (χ2n) is 4.67. The van der Waals surface area contributed by atoms with E-state index in [-0.39, 0.29) is 34.4 Å². The van der Waals surface area contributed by atoms with Gasteiger partial charge in [-0.25, -0.2) is 4.39 Å². The zero-order valence-electron chi connectivity index (χ0n) is 12.5. The summed E-state index contributed by atoms with van der Waals surface area (Å²) in [4.78, 5) is 22.1. The Labute approximate surface area is 141 Å². The molecule has 0 aromatic heterocycles. The Morgan fingerprint density at radius 1 is 1.29 bits per heavy atom. The normalized spacial score (nSPS) is 10.1. The smallest absolute Gasteiger partial charge is 0.273 e. The average Bonchev–Trinajstić information content (AvgIpc) is 2.54. The molecule has 0 radical (unpaired) electrons. The maximum absolute atomic E-state index is 13.6. The monoisotopic (exact) mass is 353 g/mol. The van der Waals surface area contributed by atoms with E-state index in [0.717, 1.165) is 6.07 Å². The van der Waals surface area contributed by atoms with Gasteiger partial charge >= 0.3 is 0 Å². The first-order valence-electron chi connectivity index (χ1n) is 6.72. The van der Waals surface area contributed by atoms with E-state index >= 15 is 0 Å². The fourth-order valence-electron chi connectivity index (χ4n) is 1.90. The molecule has 2 N–H and O–H groups in total. The molecule has 0 aliphatic heterocycles. The van der Waals surface area contributed by atoms with Gasteiger partial charge in [0.2, 0.25) is 5.91 Å². The first kappa shape index (κ1) is 17.5. The van der Waals surface area contributed by atoms with Gasteiger partial charge in [0.1, 0.15) is 11.6 Å². The van der Waals surface area contributed by atoms with Gasteiger partial charge in [0.15, 0.2) is 0 Å². The summed E-state index contributed by atoms with van der Waals surface area (Å²) in [5.74, 6) is -0.907. The van der Waals surface area contributed by atoms with Crippen molar-refractivity contribution in [3.8, 4) is 5.75 Å². The predicted molar refractivity (Wildman–Crippen MR) is 88.2 cm³/mol. The Balaban J connectivity index is 2.03. The summed E-state index contributed by atoms with van der Waals surface area (Å²) in [6, 6.07) is 7.83. The summed E-state index contributed by atoms with van der Waals surface area (Å²) in [5, 5.41) is 16.1. The van der Waals surface area contributed by atoms with E-state index in [2.05, 4.69) is 10.6 Å². The summed E-state index contributed by atoms with van der Waals surface area (Å²) in [5.41, 5.74) is 0.239. The molecule has 24 heavy (non-hydrogen) atoms. The standard InChI is InChI=1S/C15H13ClFN3O4/c1-24-14-7-10(20(22)23)3-5-13(14)19-15(21)8-18-12-4-2-9(16)6-11(12)17/h2-7,18H,8H2,1H3,(H,19,21). The third kappa shape index (κ3) is 4.32. The number of carbonyl (C=O) groups excluding carboxylic acids is 1. The van der Waals surface area contributed by atoms with Crippen molar-refractivity contribution in [2.45, 2.75) is 0 Å². The lowest BCUT2D eigenvalue weighted by molar-refractivity contribution is -0.384. The van der Waals surface area contributed by atoms with Crippen molar-refractivity contribution in [3.05, 3.63) is 57.4 Å². The third-order valence-electron chi connectivity index (χ3n) is 3.04. The van der Waals surface area contributed by atoms with Gasteiger partial charge in [0, 0.05) is 11.1 Å². The quantitative estimate of drug-likeness (QED) is 0.613. The number of nitrogens with one attached hydrogen (secondary N) is 2. The molecule has 1 amide bonds. The van der Waals surface area contributed by atoms with Crippen molar-refractivity contribution in [1.82, 2.24) is 0 Å². The number of carbonyl (C=O) groups is 1. The van der Waals surface area contributed by atoms with E-state index in [0.29, 0.717) is 0 Å². The van der Waals surface area contributed by atoms with Crippen LogP contribution in [0.4, 0.5) is 21.5 Å². The van der Waals surface area contributed by atoms with E-state index in [9.17, 15) is 19.3 Å². The lowest BCUT2D eigenvalue weighted by Gasteiger charge is -2.11. The van der Waals surface area contributed by atoms with Gasteiger partial charge in [-0.3, -0.25) is 14.9 Å². The molecule has 2 rings (SSSR count). The number of benzene rings is 2. The first-order chi connectivity index (χ1) is 11.4. The van der Waals surface area contributed by atoms with Crippen molar-refractivity contribution in [1.29, 1.82) is 0 Å². The first-order valence-corrected chi connectivity index (χ1v) is 7.09. The van der Waals surface area contributed by atoms with Crippen molar-refractivity contribution in [2.75, 3.05) is 24.3 Å². The van der Waals surface area contributed by atoms with Gasteiger partial charge in [-0.05, 0) is 24.3 Å². The van der Waals surface area contributed by atoms with Crippen LogP contribution in [-0.2, 0) is 4.79 Å². The highest BCUT2D eigenvalue weighted by Crippen LogP contribution is 2.29. The van der Waals surface area contributed by atoms with Crippen LogP contribution in [0.3, 0.4) is 0 Å². The van der Waals surface area contributed by atoms with Crippen LogP contribution in [0.15, 0.2) is 36.4 Å². The summed E-state index contributed by atoms with van der Waals surface area (Å²) in [6.45, 7) is -0.210. The number of hydrogen-bond acceptors (Lipinski definition) is 5. The lowest BCUT2D eigenvalue weighted by atomic mass is 10.2. The second-order valence-corrected chi connectivity index (χ2v) is 5.10. The van der Waals surface area contributed by atoms with Gasteiger partial charge < -0.3 is 15.4 Å². The number of nitrogens with zero attached hydrogens (tertiary/aromatic N) is 1. The van der Waals surface area contributed by atoms with Crippen molar-refractivity contribution >= 4 is 34.6 Å². The van der Waals surface area contributed by atoms with Crippen LogP contribution < -0.4 is 15.4 Å².